The Kier molecular flexibility index (Phi) is 5.16. The van der Waals surface area contributed by atoms with Crippen molar-refractivity contribution in [2.24, 2.45) is 5.73 Å². The second-order valence-electron chi connectivity index (χ2n) is 5.16. The van der Waals surface area contributed by atoms with Gasteiger partial charge in [-0.2, -0.15) is 0 Å². The Balaban J connectivity index is 2.38. The third kappa shape index (κ3) is 6.25. The van der Waals surface area contributed by atoms with E-state index in [1.807, 2.05) is 38.1 Å². The number of carboxylic acids is 1. The number of carboxylic acid groups (broad SMARTS) is 1. The molecule has 0 aromatic heterocycles. The van der Waals surface area contributed by atoms with E-state index >= 15 is 0 Å². The highest BCUT2D eigenvalue weighted by Gasteiger charge is 2.11. The SMILES string of the molecule is CC(C)(N)Cc1ccc(OCCCC(=O)O)cc1. The van der Waals surface area contributed by atoms with Crippen LogP contribution in [0.4, 0.5) is 0 Å². The molecule has 0 saturated heterocycles. The summed E-state index contributed by atoms with van der Waals surface area (Å²) in [4.78, 5) is 10.3. The van der Waals surface area contributed by atoms with E-state index in [9.17, 15) is 4.79 Å². The average molecular weight is 251 g/mol. The molecule has 18 heavy (non-hydrogen) atoms. The summed E-state index contributed by atoms with van der Waals surface area (Å²) in [5, 5.41) is 8.49. The maximum Gasteiger partial charge on any atom is 0.303 e. The molecule has 0 fully saturated rings. The van der Waals surface area contributed by atoms with Crippen LogP contribution in [-0.4, -0.2) is 23.2 Å². The summed E-state index contributed by atoms with van der Waals surface area (Å²) in [7, 11) is 0. The molecule has 0 unspecified atom stereocenters. The molecule has 3 N–H and O–H groups in total. The molecule has 0 saturated carbocycles. The molecule has 0 spiro atoms. The fourth-order valence-corrected chi connectivity index (χ4v) is 1.64. The van der Waals surface area contributed by atoms with Gasteiger partial charge in [0.05, 0.1) is 6.61 Å². The normalized spacial score (nSPS) is 11.3. The summed E-state index contributed by atoms with van der Waals surface area (Å²) >= 11 is 0. The number of nitrogens with two attached hydrogens (primary N) is 1. The zero-order valence-corrected chi connectivity index (χ0v) is 11.0. The topological polar surface area (TPSA) is 72.5 Å². The summed E-state index contributed by atoms with van der Waals surface area (Å²) in [6.45, 7) is 4.40. The van der Waals surface area contributed by atoms with E-state index in [0.29, 0.717) is 13.0 Å². The van der Waals surface area contributed by atoms with Crippen LogP contribution in [0, 0.1) is 0 Å². The van der Waals surface area contributed by atoms with Crippen molar-refractivity contribution in [3.05, 3.63) is 29.8 Å². The van der Waals surface area contributed by atoms with Crippen LogP contribution in [0.1, 0.15) is 32.3 Å². The summed E-state index contributed by atoms with van der Waals surface area (Å²) in [5.74, 6) is -0.0295. The summed E-state index contributed by atoms with van der Waals surface area (Å²) < 4.78 is 5.45. The molecular weight excluding hydrogens is 230 g/mol. The molecule has 1 aromatic rings. The third-order valence-corrected chi connectivity index (χ3v) is 2.39. The largest absolute Gasteiger partial charge is 0.494 e. The number of hydrogen-bond acceptors (Lipinski definition) is 3. The molecule has 100 valence electrons. The number of carbonyl (C=O) groups is 1. The van der Waals surface area contributed by atoms with Crippen molar-refractivity contribution in [2.45, 2.75) is 38.6 Å². The van der Waals surface area contributed by atoms with Gasteiger partial charge in [0.25, 0.3) is 0 Å². The maximum atomic E-state index is 10.3. The number of benzene rings is 1. The zero-order chi connectivity index (χ0) is 13.6. The highest BCUT2D eigenvalue weighted by Crippen LogP contribution is 2.16. The van der Waals surface area contributed by atoms with Crippen LogP contribution in [0.2, 0.25) is 0 Å². The lowest BCUT2D eigenvalue weighted by atomic mass is 9.96. The van der Waals surface area contributed by atoms with Gasteiger partial charge in [0, 0.05) is 12.0 Å². The van der Waals surface area contributed by atoms with E-state index in [1.165, 1.54) is 5.56 Å². The minimum Gasteiger partial charge on any atom is -0.494 e. The Morgan fingerprint density at radius 2 is 1.94 bits per heavy atom. The summed E-state index contributed by atoms with van der Waals surface area (Å²) in [6, 6.07) is 7.76. The van der Waals surface area contributed by atoms with E-state index < -0.39 is 5.97 Å². The molecule has 1 aromatic carbocycles. The molecule has 0 bridgehead atoms. The van der Waals surface area contributed by atoms with Crippen molar-refractivity contribution < 1.29 is 14.6 Å². The van der Waals surface area contributed by atoms with Crippen LogP contribution in [0.3, 0.4) is 0 Å². The van der Waals surface area contributed by atoms with E-state index in [1.54, 1.807) is 0 Å². The molecule has 0 aliphatic heterocycles. The highest BCUT2D eigenvalue weighted by molar-refractivity contribution is 5.66. The quantitative estimate of drug-likeness (QED) is 0.729. The molecule has 4 heteroatoms. The van der Waals surface area contributed by atoms with Gasteiger partial charge < -0.3 is 15.6 Å². The molecule has 0 amide bonds. The van der Waals surface area contributed by atoms with Crippen molar-refractivity contribution in [1.82, 2.24) is 0 Å². The van der Waals surface area contributed by atoms with E-state index in [0.717, 1.165) is 12.2 Å². The minimum absolute atomic E-state index is 0.138. The zero-order valence-electron chi connectivity index (χ0n) is 11.0. The van der Waals surface area contributed by atoms with E-state index in [2.05, 4.69) is 0 Å². The first-order chi connectivity index (χ1) is 8.37. The summed E-state index contributed by atoms with van der Waals surface area (Å²) in [5.41, 5.74) is 6.89. The van der Waals surface area contributed by atoms with Crippen molar-refractivity contribution in [3.63, 3.8) is 0 Å². The molecule has 0 aliphatic carbocycles. The number of hydrogen-bond donors (Lipinski definition) is 2. The van der Waals surface area contributed by atoms with Gasteiger partial charge in [-0.25, -0.2) is 0 Å². The Labute approximate surface area is 108 Å². The first-order valence-electron chi connectivity index (χ1n) is 6.09. The standard InChI is InChI=1S/C14H21NO3/c1-14(2,15)10-11-5-7-12(8-6-11)18-9-3-4-13(16)17/h5-8H,3-4,9-10,15H2,1-2H3,(H,16,17). The van der Waals surface area contributed by atoms with Gasteiger partial charge in [-0.05, 0) is 44.4 Å². The minimum atomic E-state index is -0.792. The number of ether oxygens (including phenoxy) is 1. The lowest BCUT2D eigenvalue weighted by Crippen LogP contribution is -2.34. The first-order valence-corrected chi connectivity index (χ1v) is 6.09. The van der Waals surface area contributed by atoms with Gasteiger partial charge in [0.2, 0.25) is 0 Å². The van der Waals surface area contributed by atoms with Crippen molar-refractivity contribution in [3.8, 4) is 5.75 Å². The van der Waals surface area contributed by atoms with Crippen LogP contribution >= 0.6 is 0 Å². The second-order valence-corrected chi connectivity index (χ2v) is 5.16. The van der Waals surface area contributed by atoms with Crippen LogP contribution in [-0.2, 0) is 11.2 Å². The molecule has 0 atom stereocenters. The molecule has 4 nitrogen and oxygen atoms in total. The van der Waals surface area contributed by atoms with Gasteiger partial charge in [-0.3, -0.25) is 4.79 Å². The predicted molar refractivity (Wildman–Crippen MR) is 70.8 cm³/mol. The van der Waals surface area contributed by atoms with Crippen molar-refractivity contribution in [2.75, 3.05) is 6.61 Å². The smallest absolute Gasteiger partial charge is 0.303 e. The first kappa shape index (κ1) is 14.5. The molecule has 0 radical (unpaired) electrons. The van der Waals surface area contributed by atoms with Crippen LogP contribution in [0.5, 0.6) is 5.75 Å². The second kappa shape index (κ2) is 6.40. The van der Waals surface area contributed by atoms with Crippen LogP contribution in [0.15, 0.2) is 24.3 Å². The average Bonchev–Trinajstić information content (AvgIpc) is 2.24. The van der Waals surface area contributed by atoms with Crippen LogP contribution in [0.25, 0.3) is 0 Å². The third-order valence-electron chi connectivity index (χ3n) is 2.39. The van der Waals surface area contributed by atoms with E-state index in [-0.39, 0.29) is 12.0 Å². The Bertz CT molecular complexity index is 379. The lowest BCUT2D eigenvalue weighted by Gasteiger charge is -2.18. The van der Waals surface area contributed by atoms with Gasteiger partial charge in [0.15, 0.2) is 0 Å². The molecular formula is C14H21NO3. The predicted octanol–water partition coefficient (Wildman–Crippen LogP) is 2.21. The lowest BCUT2D eigenvalue weighted by molar-refractivity contribution is -0.137. The van der Waals surface area contributed by atoms with Crippen molar-refractivity contribution in [1.29, 1.82) is 0 Å². The number of aliphatic carboxylic acids is 1. The van der Waals surface area contributed by atoms with Crippen LogP contribution < -0.4 is 10.5 Å². The van der Waals surface area contributed by atoms with Gasteiger partial charge >= 0.3 is 5.97 Å². The number of rotatable bonds is 7. The maximum absolute atomic E-state index is 10.3. The Hall–Kier alpha value is -1.55. The van der Waals surface area contributed by atoms with Gasteiger partial charge in [-0.15, -0.1) is 0 Å². The fourth-order valence-electron chi connectivity index (χ4n) is 1.64. The van der Waals surface area contributed by atoms with Gasteiger partial charge in [0.1, 0.15) is 5.75 Å². The van der Waals surface area contributed by atoms with E-state index in [4.69, 9.17) is 15.6 Å². The van der Waals surface area contributed by atoms with Gasteiger partial charge in [-0.1, -0.05) is 12.1 Å². The monoisotopic (exact) mass is 251 g/mol. The molecule has 1 rings (SSSR count). The summed E-state index contributed by atoms with van der Waals surface area (Å²) in [6.07, 6.45) is 1.47. The fraction of sp³-hybridized carbons (Fsp3) is 0.500. The molecule has 0 aliphatic rings. The highest BCUT2D eigenvalue weighted by atomic mass is 16.5. The molecule has 0 heterocycles. The van der Waals surface area contributed by atoms with Crippen molar-refractivity contribution >= 4 is 5.97 Å². The Morgan fingerprint density at radius 1 is 1.33 bits per heavy atom. The Morgan fingerprint density at radius 3 is 2.44 bits per heavy atom.